The first-order valence-corrected chi connectivity index (χ1v) is 5.93. The third-order valence-electron chi connectivity index (χ3n) is 2.25. The number of hydrogen-bond donors (Lipinski definition) is 0. The highest BCUT2D eigenvalue weighted by atomic mass is 15.3. The van der Waals surface area contributed by atoms with E-state index in [1.807, 2.05) is 73.6 Å². The maximum atomic E-state index is 4.27. The molecule has 0 saturated heterocycles. The molecule has 0 aliphatic heterocycles. The van der Waals surface area contributed by atoms with Gasteiger partial charge in [0, 0.05) is 24.3 Å². The first kappa shape index (κ1) is 12.1. The zero-order valence-corrected chi connectivity index (χ0v) is 10.1. The summed E-state index contributed by atoms with van der Waals surface area (Å²) in [7, 11) is 0. The van der Waals surface area contributed by atoms with Crippen LogP contribution in [0.2, 0.25) is 0 Å². The van der Waals surface area contributed by atoms with Crippen LogP contribution in [0.5, 0.6) is 0 Å². The van der Waals surface area contributed by atoms with Gasteiger partial charge in [0.1, 0.15) is 0 Å². The summed E-state index contributed by atoms with van der Waals surface area (Å²) in [6.07, 6.45) is 13.2. The molecule has 4 heteroatoms. The fourth-order valence-electron chi connectivity index (χ4n) is 1.39. The van der Waals surface area contributed by atoms with E-state index < -0.39 is 0 Å². The Morgan fingerprint density at radius 1 is 0.611 bits per heavy atom. The van der Waals surface area contributed by atoms with Crippen LogP contribution in [0, 0.1) is 0 Å². The van der Waals surface area contributed by atoms with Crippen LogP contribution in [0.15, 0.2) is 71.4 Å². The lowest BCUT2D eigenvalue weighted by Gasteiger charge is -1.85. The summed E-state index contributed by atoms with van der Waals surface area (Å²) in [4.78, 5) is 0. The first-order chi connectivity index (χ1) is 8.95. The number of hydrogen-bond acceptors (Lipinski definition) is 2. The average molecular weight is 240 g/mol. The number of aromatic nitrogens is 2. The zero-order chi connectivity index (χ0) is 12.5. The van der Waals surface area contributed by atoms with Gasteiger partial charge in [0.2, 0.25) is 24.8 Å². The van der Waals surface area contributed by atoms with E-state index in [1.54, 1.807) is 9.35 Å². The molecule has 2 heterocycles. The highest BCUT2D eigenvalue weighted by Gasteiger charge is 1.92. The van der Waals surface area contributed by atoms with Gasteiger partial charge in [-0.2, -0.15) is 0 Å². The molecule has 0 spiro atoms. The van der Waals surface area contributed by atoms with Crippen LogP contribution in [0.3, 0.4) is 0 Å². The molecular formula is C14H16N4+2. The fraction of sp³-hybridized carbons (Fsp3) is 0.143. The predicted octanol–water partition coefficient (Wildman–Crippen LogP) is 1.41. The van der Waals surface area contributed by atoms with Crippen molar-refractivity contribution in [1.29, 1.82) is 0 Å². The second-order valence-electron chi connectivity index (χ2n) is 3.68. The Bertz CT molecular complexity index is 456. The van der Waals surface area contributed by atoms with Crippen molar-refractivity contribution in [2.75, 3.05) is 0 Å². The number of rotatable bonds is 5. The van der Waals surface area contributed by atoms with E-state index in [1.165, 1.54) is 0 Å². The lowest BCUT2D eigenvalue weighted by atomic mass is 10.3. The molecule has 0 radical (unpaired) electrons. The van der Waals surface area contributed by atoms with Crippen LogP contribution in [0.4, 0.5) is 0 Å². The summed E-state index contributed by atoms with van der Waals surface area (Å²) in [5.74, 6) is 0. The van der Waals surface area contributed by atoms with Crippen LogP contribution in [-0.4, -0.2) is 12.4 Å². The van der Waals surface area contributed by atoms with Gasteiger partial charge in [-0.3, -0.25) is 0 Å². The topological polar surface area (TPSA) is 32.5 Å². The predicted molar refractivity (Wildman–Crippen MR) is 70.3 cm³/mol. The van der Waals surface area contributed by atoms with Crippen molar-refractivity contribution in [2.45, 2.75) is 12.8 Å². The molecule has 0 unspecified atom stereocenters. The van der Waals surface area contributed by atoms with Gasteiger partial charge in [-0.15, -0.1) is 0 Å². The van der Waals surface area contributed by atoms with E-state index >= 15 is 0 Å². The van der Waals surface area contributed by atoms with Gasteiger partial charge in [-0.25, -0.2) is 0 Å². The minimum absolute atomic E-state index is 0.874. The second kappa shape index (κ2) is 7.06. The second-order valence-corrected chi connectivity index (χ2v) is 3.68. The standard InChI is InChI=1S/C14H16N4/c1-5-11-17(12-6-1)15-9-3-4-10-16-18-13-7-2-8-14-18/h1-2,5-14H,3-4H2/q+2. The lowest BCUT2D eigenvalue weighted by Crippen LogP contribution is -2.26. The van der Waals surface area contributed by atoms with Crippen LogP contribution in [0.1, 0.15) is 12.8 Å². The summed E-state index contributed by atoms with van der Waals surface area (Å²) in [6.45, 7) is 0. The van der Waals surface area contributed by atoms with Crippen LogP contribution >= 0.6 is 0 Å². The molecule has 0 fully saturated rings. The van der Waals surface area contributed by atoms with Crippen LogP contribution < -0.4 is 9.35 Å². The molecule has 18 heavy (non-hydrogen) atoms. The fourth-order valence-corrected chi connectivity index (χ4v) is 1.39. The van der Waals surface area contributed by atoms with Gasteiger partial charge in [0.05, 0.1) is 12.4 Å². The Morgan fingerprint density at radius 2 is 1.00 bits per heavy atom. The molecule has 4 nitrogen and oxygen atoms in total. The molecule has 0 atom stereocenters. The summed E-state index contributed by atoms with van der Waals surface area (Å²) in [5.41, 5.74) is 0. The van der Waals surface area contributed by atoms with E-state index in [4.69, 9.17) is 0 Å². The molecular weight excluding hydrogens is 224 g/mol. The molecule has 0 aliphatic rings. The van der Waals surface area contributed by atoms with Gasteiger partial charge < -0.3 is 0 Å². The third kappa shape index (κ3) is 4.25. The van der Waals surface area contributed by atoms with Gasteiger partial charge in [0.15, 0.2) is 0 Å². The van der Waals surface area contributed by atoms with Gasteiger partial charge >= 0.3 is 0 Å². The monoisotopic (exact) mass is 240 g/mol. The normalized spacial score (nSPS) is 11.3. The molecule has 0 saturated carbocycles. The molecule has 0 amide bonds. The largest absolute Gasteiger partial charge is 0.202 e. The van der Waals surface area contributed by atoms with Crippen molar-refractivity contribution < 1.29 is 9.35 Å². The Labute approximate surface area is 107 Å². The van der Waals surface area contributed by atoms with Crippen molar-refractivity contribution in [3.05, 3.63) is 61.2 Å². The Balaban J connectivity index is 1.73. The average Bonchev–Trinajstić information content (AvgIpc) is 2.45. The molecule has 0 aliphatic carbocycles. The highest BCUT2D eigenvalue weighted by Crippen LogP contribution is 1.82. The quantitative estimate of drug-likeness (QED) is 0.430. The third-order valence-corrected chi connectivity index (χ3v) is 2.25. The van der Waals surface area contributed by atoms with Gasteiger partial charge in [-0.05, 0) is 23.0 Å². The first-order valence-electron chi connectivity index (χ1n) is 5.93. The van der Waals surface area contributed by atoms with Crippen molar-refractivity contribution in [3.8, 4) is 0 Å². The van der Waals surface area contributed by atoms with E-state index in [9.17, 15) is 0 Å². The van der Waals surface area contributed by atoms with Gasteiger partial charge in [0.25, 0.3) is 0 Å². The number of nitrogens with zero attached hydrogens (tertiary/aromatic N) is 4. The smallest absolute Gasteiger partial charge is 0.0600 e. The molecule has 90 valence electrons. The maximum absolute atomic E-state index is 4.27. The minimum atomic E-state index is 0.874. The van der Waals surface area contributed by atoms with Crippen molar-refractivity contribution in [1.82, 2.24) is 0 Å². The van der Waals surface area contributed by atoms with E-state index in [-0.39, 0.29) is 0 Å². The SMILES string of the molecule is C(CCC=N[n+]1ccccc1)=N[n+]1ccccc1. The van der Waals surface area contributed by atoms with E-state index in [0.29, 0.717) is 0 Å². The minimum Gasteiger partial charge on any atom is -0.0600 e. The van der Waals surface area contributed by atoms with Crippen molar-refractivity contribution in [2.24, 2.45) is 10.2 Å². The van der Waals surface area contributed by atoms with Crippen LogP contribution in [0.25, 0.3) is 0 Å². The summed E-state index contributed by atoms with van der Waals surface area (Å²) in [6, 6.07) is 11.7. The maximum Gasteiger partial charge on any atom is 0.202 e. The van der Waals surface area contributed by atoms with Crippen molar-refractivity contribution in [3.63, 3.8) is 0 Å². The summed E-state index contributed by atoms with van der Waals surface area (Å²) >= 11 is 0. The molecule has 0 bridgehead atoms. The van der Waals surface area contributed by atoms with Gasteiger partial charge in [-0.1, -0.05) is 21.5 Å². The molecule has 2 rings (SSSR count). The van der Waals surface area contributed by atoms with E-state index in [2.05, 4.69) is 10.2 Å². The summed E-state index contributed by atoms with van der Waals surface area (Å²) < 4.78 is 3.56. The molecule has 0 N–H and O–H groups in total. The summed E-state index contributed by atoms with van der Waals surface area (Å²) in [5, 5.41) is 8.55. The Hall–Kier alpha value is -2.36. The highest BCUT2D eigenvalue weighted by molar-refractivity contribution is 5.64. The number of pyridine rings is 2. The molecule has 0 aromatic carbocycles. The number of unbranched alkanes of at least 4 members (excludes halogenated alkanes) is 1. The zero-order valence-electron chi connectivity index (χ0n) is 10.1. The van der Waals surface area contributed by atoms with E-state index in [0.717, 1.165) is 12.8 Å². The Morgan fingerprint density at radius 3 is 1.39 bits per heavy atom. The molecule has 2 aromatic rings. The molecule has 2 aromatic heterocycles. The Kier molecular flexibility index (Phi) is 4.75. The van der Waals surface area contributed by atoms with Crippen LogP contribution in [-0.2, 0) is 0 Å². The lowest BCUT2D eigenvalue weighted by molar-refractivity contribution is -0.678. The van der Waals surface area contributed by atoms with Crippen molar-refractivity contribution >= 4 is 12.4 Å².